The number of furan rings is 1. The summed E-state index contributed by atoms with van der Waals surface area (Å²) in [6.07, 6.45) is 2.45. The molecule has 0 radical (unpaired) electrons. The maximum Gasteiger partial charge on any atom is 0.141 e. The van der Waals surface area contributed by atoms with E-state index in [0.29, 0.717) is 12.3 Å². The Bertz CT molecular complexity index is 623. The van der Waals surface area contributed by atoms with Crippen molar-refractivity contribution in [3.05, 3.63) is 46.9 Å². The van der Waals surface area contributed by atoms with Gasteiger partial charge < -0.3 is 15.1 Å². The van der Waals surface area contributed by atoms with Gasteiger partial charge in [0.15, 0.2) is 0 Å². The van der Waals surface area contributed by atoms with Gasteiger partial charge in [-0.2, -0.15) is 0 Å². The van der Waals surface area contributed by atoms with E-state index in [4.69, 9.17) is 16.0 Å². The lowest BCUT2D eigenvalue weighted by Gasteiger charge is -2.22. The molecular weight excluding hydrogens is 303 g/mol. The van der Waals surface area contributed by atoms with Crippen molar-refractivity contribution in [1.29, 1.82) is 0 Å². The fourth-order valence-electron chi connectivity index (χ4n) is 2.76. The fourth-order valence-corrected chi connectivity index (χ4v) is 2.94. The Labute approximate surface area is 134 Å². The zero-order valence-corrected chi connectivity index (χ0v) is 13.1. The second kappa shape index (κ2) is 7.27. The zero-order chi connectivity index (χ0) is 15.4. The predicted octanol–water partition coefficient (Wildman–Crippen LogP) is 3.83. The van der Waals surface area contributed by atoms with Gasteiger partial charge in [-0.25, -0.2) is 4.39 Å². The largest absolute Gasteiger partial charge is 0.460 e. The molecule has 118 valence electrons. The van der Waals surface area contributed by atoms with Crippen molar-refractivity contribution < 1.29 is 8.81 Å². The van der Waals surface area contributed by atoms with Crippen LogP contribution in [-0.4, -0.2) is 19.6 Å². The minimum absolute atomic E-state index is 0.111. The summed E-state index contributed by atoms with van der Waals surface area (Å²) in [7, 11) is 0. The average molecular weight is 323 g/mol. The number of benzene rings is 1. The van der Waals surface area contributed by atoms with Crippen LogP contribution in [0.15, 0.2) is 34.7 Å². The highest BCUT2D eigenvalue weighted by Gasteiger charge is 2.13. The molecule has 3 nitrogen and oxygen atoms in total. The van der Waals surface area contributed by atoms with Crippen LogP contribution in [0.25, 0.3) is 11.3 Å². The van der Waals surface area contributed by atoms with Crippen LogP contribution in [0.1, 0.15) is 18.6 Å². The Balaban J connectivity index is 1.55. The summed E-state index contributed by atoms with van der Waals surface area (Å²) in [4.78, 5) is 0. The summed E-state index contributed by atoms with van der Waals surface area (Å²) in [5, 5.41) is 6.93. The van der Waals surface area contributed by atoms with Crippen molar-refractivity contribution in [2.45, 2.75) is 19.4 Å². The lowest BCUT2D eigenvalue weighted by molar-refractivity contribution is 0.350. The number of piperidine rings is 1. The molecule has 0 atom stereocenters. The van der Waals surface area contributed by atoms with E-state index in [9.17, 15) is 4.39 Å². The van der Waals surface area contributed by atoms with Crippen LogP contribution in [0.4, 0.5) is 4.39 Å². The monoisotopic (exact) mass is 322 g/mol. The first-order valence-electron chi connectivity index (χ1n) is 7.68. The Morgan fingerprint density at radius 2 is 2.05 bits per heavy atom. The van der Waals surface area contributed by atoms with Crippen LogP contribution in [0.2, 0.25) is 5.02 Å². The first kappa shape index (κ1) is 15.5. The molecule has 2 aromatic rings. The van der Waals surface area contributed by atoms with Gasteiger partial charge in [0.05, 0.1) is 11.6 Å². The third kappa shape index (κ3) is 3.88. The normalized spacial score (nSPS) is 16.1. The molecule has 0 unspecified atom stereocenters. The van der Waals surface area contributed by atoms with Crippen molar-refractivity contribution in [3.8, 4) is 11.3 Å². The van der Waals surface area contributed by atoms with Crippen LogP contribution >= 0.6 is 11.6 Å². The number of rotatable bonds is 5. The van der Waals surface area contributed by atoms with Gasteiger partial charge in [0.1, 0.15) is 17.3 Å². The van der Waals surface area contributed by atoms with Gasteiger partial charge in [-0.05, 0) is 68.7 Å². The van der Waals surface area contributed by atoms with Gasteiger partial charge in [-0.1, -0.05) is 11.6 Å². The molecule has 3 rings (SSSR count). The molecule has 0 saturated carbocycles. The number of hydrogen-bond acceptors (Lipinski definition) is 3. The number of halogens is 2. The molecule has 0 bridgehead atoms. The molecule has 1 aromatic carbocycles. The second-order valence-corrected chi connectivity index (χ2v) is 6.13. The first-order chi connectivity index (χ1) is 10.7. The van der Waals surface area contributed by atoms with Gasteiger partial charge in [-0.15, -0.1) is 0 Å². The summed E-state index contributed by atoms with van der Waals surface area (Å²) in [5.74, 6) is 1.91. The standard InChI is InChI=1S/C17H20ClFN2O/c18-15-9-13(1-3-16(15)19)17-4-2-14(22-17)11-21-10-12-5-7-20-8-6-12/h1-4,9,12,20-21H,5-8,10-11H2. The summed E-state index contributed by atoms with van der Waals surface area (Å²) >= 11 is 5.81. The molecule has 1 aliphatic rings. The van der Waals surface area contributed by atoms with E-state index in [-0.39, 0.29) is 5.02 Å². The van der Waals surface area contributed by atoms with Crippen molar-refractivity contribution in [2.75, 3.05) is 19.6 Å². The van der Waals surface area contributed by atoms with Crippen LogP contribution in [0.3, 0.4) is 0 Å². The summed E-state index contributed by atoms with van der Waals surface area (Å²) in [5.41, 5.74) is 0.788. The van der Waals surface area contributed by atoms with Crippen molar-refractivity contribution in [2.24, 2.45) is 5.92 Å². The summed E-state index contributed by atoms with van der Waals surface area (Å²) < 4.78 is 19.0. The third-order valence-electron chi connectivity index (χ3n) is 4.06. The molecule has 1 aliphatic heterocycles. The Morgan fingerprint density at radius 3 is 2.82 bits per heavy atom. The smallest absolute Gasteiger partial charge is 0.141 e. The van der Waals surface area contributed by atoms with Gasteiger partial charge in [0.2, 0.25) is 0 Å². The van der Waals surface area contributed by atoms with Gasteiger partial charge in [0, 0.05) is 5.56 Å². The molecule has 0 amide bonds. The second-order valence-electron chi connectivity index (χ2n) is 5.72. The molecule has 22 heavy (non-hydrogen) atoms. The maximum absolute atomic E-state index is 13.2. The average Bonchev–Trinajstić information content (AvgIpc) is 3.00. The Morgan fingerprint density at radius 1 is 1.23 bits per heavy atom. The van der Waals surface area contributed by atoms with Crippen LogP contribution < -0.4 is 10.6 Å². The van der Waals surface area contributed by atoms with Crippen LogP contribution in [0, 0.1) is 11.7 Å². The molecule has 2 heterocycles. The van der Waals surface area contributed by atoms with E-state index in [1.165, 1.54) is 18.9 Å². The van der Waals surface area contributed by atoms with Crippen molar-refractivity contribution in [1.82, 2.24) is 10.6 Å². The quantitative estimate of drug-likeness (QED) is 0.878. The molecule has 5 heteroatoms. The summed E-state index contributed by atoms with van der Waals surface area (Å²) in [6.45, 7) is 3.95. The van der Waals surface area contributed by atoms with Crippen molar-refractivity contribution in [3.63, 3.8) is 0 Å². The minimum Gasteiger partial charge on any atom is -0.460 e. The number of hydrogen-bond donors (Lipinski definition) is 2. The highest BCUT2D eigenvalue weighted by Crippen LogP contribution is 2.26. The van der Waals surface area contributed by atoms with Crippen LogP contribution in [0.5, 0.6) is 0 Å². The van der Waals surface area contributed by atoms with Crippen LogP contribution in [-0.2, 0) is 6.54 Å². The van der Waals surface area contributed by atoms with E-state index in [2.05, 4.69) is 10.6 Å². The Kier molecular flexibility index (Phi) is 5.13. The van der Waals surface area contributed by atoms with Gasteiger partial charge in [0.25, 0.3) is 0 Å². The Hall–Kier alpha value is -1.36. The van der Waals surface area contributed by atoms with Gasteiger partial charge in [-0.3, -0.25) is 0 Å². The van der Waals surface area contributed by atoms with Crippen molar-refractivity contribution >= 4 is 11.6 Å². The highest BCUT2D eigenvalue weighted by atomic mass is 35.5. The molecule has 0 spiro atoms. The molecule has 1 fully saturated rings. The van der Waals surface area contributed by atoms with E-state index in [1.54, 1.807) is 12.1 Å². The minimum atomic E-state index is -0.416. The maximum atomic E-state index is 13.2. The molecule has 2 N–H and O–H groups in total. The topological polar surface area (TPSA) is 37.2 Å². The van der Waals surface area contributed by atoms with E-state index in [1.807, 2.05) is 12.1 Å². The van der Waals surface area contributed by atoms with E-state index in [0.717, 1.165) is 36.9 Å². The van der Waals surface area contributed by atoms with E-state index < -0.39 is 5.82 Å². The molecule has 0 aliphatic carbocycles. The molecular formula is C17H20ClFN2O. The lowest BCUT2D eigenvalue weighted by atomic mass is 9.98. The fraction of sp³-hybridized carbons (Fsp3) is 0.412. The molecule has 1 aromatic heterocycles. The third-order valence-corrected chi connectivity index (χ3v) is 4.35. The predicted molar refractivity (Wildman–Crippen MR) is 86.4 cm³/mol. The molecule has 1 saturated heterocycles. The SMILES string of the molecule is Fc1ccc(-c2ccc(CNCC3CCNCC3)o2)cc1Cl. The first-order valence-corrected chi connectivity index (χ1v) is 8.06. The van der Waals surface area contributed by atoms with E-state index >= 15 is 0 Å². The summed E-state index contributed by atoms with van der Waals surface area (Å²) in [6, 6.07) is 8.45. The lowest BCUT2D eigenvalue weighted by Crippen LogP contribution is -2.33. The highest BCUT2D eigenvalue weighted by molar-refractivity contribution is 6.31. The number of nitrogens with one attached hydrogen (secondary N) is 2. The zero-order valence-electron chi connectivity index (χ0n) is 12.4. The van der Waals surface area contributed by atoms with Gasteiger partial charge >= 0.3 is 0 Å².